The molecule has 1 aliphatic rings. The number of hydrogen-bond donors (Lipinski definition) is 0. The number of allylic oxidation sites excluding steroid dienone is 1. The van der Waals surface area contributed by atoms with E-state index in [0.717, 1.165) is 0 Å². The van der Waals surface area contributed by atoms with Crippen LogP contribution in [0.3, 0.4) is 0 Å². The number of carbonyl (C=O) groups excluding carboxylic acids is 1. The Hall–Kier alpha value is 0.860. The van der Waals surface area contributed by atoms with Crippen LogP contribution in [0.2, 0.25) is 0 Å². The topological polar surface area (TPSA) is 17.1 Å². The van der Waals surface area contributed by atoms with Crippen LogP contribution in [0, 0.1) is 11.3 Å². The Balaban J connectivity index is 3.13. The lowest BCUT2D eigenvalue weighted by Crippen LogP contribution is -2.10. The van der Waals surface area contributed by atoms with Gasteiger partial charge in [-0.3, -0.25) is 4.79 Å². The largest absolute Gasteiger partial charge is 0.281 e. The SMILES string of the molecule is CC1(C)[C@H](C(=O)Cl)[C@]1(Cl)C(Cl)=C(Cl)Cl. The fourth-order valence-electron chi connectivity index (χ4n) is 1.70. The Labute approximate surface area is 107 Å². The van der Waals surface area contributed by atoms with Crippen molar-refractivity contribution in [3.63, 3.8) is 0 Å². The van der Waals surface area contributed by atoms with Gasteiger partial charge in [-0.25, -0.2) is 0 Å². The molecular weight excluding hydrogens is 289 g/mol. The van der Waals surface area contributed by atoms with Crippen LogP contribution in [0.15, 0.2) is 9.52 Å². The maximum atomic E-state index is 11.1. The molecule has 6 heteroatoms. The van der Waals surface area contributed by atoms with Gasteiger partial charge in [0.15, 0.2) is 0 Å². The number of hydrogen-bond acceptors (Lipinski definition) is 1. The fraction of sp³-hybridized carbons (Fsp3) is 0.625. The van der Waals surface area contributed by atoms with Crippen molar-refractivity contribution in [1.82, 2.24) is 0 Å². The summed E-state index contributed by atoms with van der Waals surface area (Å²) in [6.07, 6.45) is 0. The summed E-state index contributed by atoms with van der Waals surface area (Å²) in [5.74, 6) is -0.557. The lowest BCUT2D eigenvalue weighted by Gasteiger charge is -2.10. The molecule has 1 aliphatic carbocycles. The first-order chi connectivity index (χ1) is 6.17. The molecule has 0 heterocycles. The highest BCUT2D eigenvalue weighted by Crippen LogP contribution is 2.71. The van der Waals surface area contributed by atoms with Crippen molar-refractivity contribution in [2.75, 3.05) is 0 Å². The smallest absolute Gasteiger partial charge is 0.227 e. The molecule has 0 aromatic rings. The van der Waals surface area contributed by atoms with E-state index in [1.807, 2.05) is 0 Å². The van der Waals surface area contributed by atoms with E-state index in [4.69, 9.17) is 58.0 Å². The second kappa shape index (κ2) is 3.71. The van der Waals surface area contributed by atoms with E-state index >= 15 is 0 Å². The highest BCUT2D eigenvalue weighted by Gasteiger charge is 2.75. The molecule has 1 saturated carbocycles. The highest BCUT2D eigenvalue weighted by molar-refractivity contribution is 6.67. The van der Waals surface area contributed by atoms with Gasteiger partial charge in [0.1, 0.15) is 4.49 Å². The van der Waals surface area contributed by atoms with E-state index in [1.54, 1.807) is 13.8 Å². The Kier molecular flexibility index (Phi) is 3.42. The van der Waals surface area contributed by atoms with Gasteiger partial charge < -0.3 is 0 Å². The van der Waals surface area contributed by atoms with E-state index < -0.39 is 21.4 Å². The monoisotopic (exact) mass is 294 g/mol. The fourth-order valence-corrected chi connectivity index (χ4v) is 3.46. The van der Waals surface area contributed by atoms with Crippen molar-refractivity contribution in [3.05, 3.63) is 9.52 Å². The van der Waals surface area contributed by atoms with Gasteiger partial charge in [-0.15, -0.1) is 11.6 Å². The van der Waals surface area contributed by atoms with Crippen molar-refractivity contribution < 1.29 is 4.79 Å². The first-order valence-electron chi connectivity index (χ1n) is 3.77. The first-order valence-corrected chi connectivity index (χ1v) is 5.65. The first kappa shape index (κ1) is 12.9. The highest BCUT2D eigenvalue weighted by atomic mass is 35.5. The standard InChI is InChI=1S/C8H7Cl5O/c1-7(2)3(6(12)14)8(7,13)4(9)5(10)11/h3H,1-2H3/t3-,8-/m0/s1. The summed E-state index contributed by atoms with van der Waals surface area (Å²) < 4.78 is -0.129. The zero-order valence-corrected chi connectivity index (χ0v) is 11.2. The van der Waals surface area contributed by atoms with E-state index in [-0.39, 0.29) is 9.52 Å². The van der Waals surface area contributed by atoms with Crippen LogP contribution >= 0.6 is 58.0 Å². The summed E-state index contributed by atoms with van der Waals surface area (Å²) >= 11 is 28.5. The van der Waals surface area contributed by atoms with Crippen LogP contribution in [-0.2, 0) is 4.79 Å². The van der Waals surface area contributed by atoms with Gasteiger partial charge in [0.05, 0.1) is 15.8 Å². The minimum atomic E-state index is -1.06. The molecular formula is C8H7Cl5O. The molecule has 0 aromatic heterocycles. The zero-order chi connectivity index (χ0) is 11.3. The molecule has 0 spiro atoms. The third-order valence-electron chi connectivity index (χ3n) is 2.69. The Bertz CT molecular complexity index is 318. The molecule has 1 fully saturated rings. The molecule has 0 aromatic carbocycles. The molecule has 0 amide bonds. The molecule has 14 heavy (non-hydrogen) atoms. The van der Waals surface area contributed by atoms with E-state index in [0.29, 0.717) is 0 Å². The van der Waals surface area contributed by atoms with E-state index in [1.165, 1.54) is 0 Å². The van der Waals surface area contributed by atoms with E-state index in [2.05, 4.69) is 0 Å². The van der Waals surface area contributed by atoms with Crippen LogP contribution < -0.4 is 0 Å². The molecule has 0 radical (unpaired) electrons. The third-order valence-corrected chi connectivity index (χ3v) is 4.95. The van der Waals surface area contributed by atoms with Gasteiger partial charge in [-0.05, 0) is 11.6 Å². The maximum absolute atomic E-state index is 11.1. The molecule has 0 aliphatic heterocycles. The molecule has 1 nitrogen and oxygen atoms in total. The summed E-state index contributed by atoms with van der Waals surface area (Å²) in [4.78, 5) is 10.0. The van der Waals surface area contributed by atoms with Crippen LogP contribution in [-0.4, -0.2) is 10.1 Å². The average Bonchev–Trinajstić information content (AvgIpc) is 2.45. The lowest BCUT2D eigenvalue weighted by molar-refractivity contribution is -0.113. The molecule has 2 atom stereocenters. The number of halogens is 5. The minimum Gasteiger partial charge on any atom is -0.281 e. The summed E-state index contributed by atoms with van der Waals surface area (Å²) in [6.45, 7) is 3.56. The number of carbonyl (C=O) groups is 1. The molecule has 80 valence electrons. The van der Waals surface area contributed by atoms with Gasteiger partial charge in [0, 0.05) is 5.41 Å². The molecule has 0 unspecified atom stereocenters. The quantitative estimate of drug-likeness (QED) is 0.549. The predicted molar refractivity (Wildman–Crippen MR) is 61.3 cm³/mol. The lowest BCUT2D eigenvalue weighted by atomic mass is 10.1. The number of alkyl halides is 1. The van der Waals surface area contributed by atoms with E-state index in [9.17, 15) is 4.79 Å². The maximum Gasteiger partial charge on any atom is 0.227 e. The molecule has 0 saturated heterocycles. The van der Waals surface area contributed by atoms with Gasteiger partial charge >= 0.3 is 0 Å². The van der Waals surface area contributed by atoms with Crippen molar-refractivity contribution in [1.29, 1.82) is 0 Å². The van der Waals surface area contributed by atoms with Crippen molar-refractivity contribution in [2.24, 2.45) is 11.3 Å². The predicted octanol–water partition coefficient (Wildman–Crippen LogP) is 4.27. The van der Waals surface area contributed by atoms with Crippen molar-refractivity contribution >= 4 is 63.2 Å². The van der Waals surface area contributed by atoms with Gasteiger partial charge in [0.25, 0.3) is 0 Å². The summed E-state index contributed by atoms with van der Waals surface area (Å²) in [5.41, 5.74) is -0.528. The average molecular weight is 296 g/mol. The molecule has 0 N–H and O–H groups in total. The zero-order valence-electron chi connectivity index (χ0n) is 7.38. The third kappa shape index (κ3) is 1.58. The Morgan fingerprint density at radius 1 is 1.14 bits per heavy atom. The Morgan fingerprint density at radius 2 is 1.57 bits per heavy atom. The summed E-state index contributed by atoms with van der Waals surface area (Å²) in [7, 11) is 0. The van der Waals surface area contributed by atoms with Crippen LogP contribution in [0.25, 0.3) is 0 Å². The van der Waals surface area contributed by atoms with Crippen molar-refractivity contribution in [2.45, 2.75) is 18.7 Å². The second-order valence-corrected chi connectivity index (χ2v) is 6.04. The normalized spacial score (nSPS) is 33.8. The van der Waals surface area contributed by atoms with Gasteiger partial charge in [0.2, 0.25) is 5.24 Å². The molecule has 1 rings (SSSR count). The van der Waals surface area contributed by atoms with Crippen LogP contribution in [0.1, 0.15) is 13.8 Å². The summed E-state index contributed by atoms with van der Waals surface area (Å²) in [5, 5.41) is -0.454. The van der Waals surface area contributed by atoms with Crippen LogP contribution in [0.5, 0.6) is 0 Å². The Morgan fingerprint density at radius 3 is 1.79 bits per heavy atom. The second-order valence-electron chi connectivity index (χ2n) is 3.74. The van der Waals surface area contributed by atoms with Gasteiger partial charge in [-0.1, -0.05) is 48.7 Å². The minimum absolute atomic E-state index is 0.0755. The molecule has 0 bridgehead atoms. The number of rotatable bonds is 2. The van der Waals surface area contributed by atoms with Crippen LogP contribution in [0.4, 0.5) is 0 Å². The van der Waals surface area contributed by atoms with Gasteiger partial charge in [-0.2, -0.15) is 0 Å². The summed E-state index contributed by atoms with van der Waals surface area (Å²) in [6, 6.07) is 0. The van der Waals surface area contributed by atoms with Crippen molar-refractivity contribution in [3.8, 4) is 0 Å².